The van der Waals surface area contributed by atoms with E-state index in [2.05, 4.69) is 33.4 Å². The van der Waals surface area contributed by atoms with E-state index in [1.165, 1.54) is 5.56 Å². The molecule has 0 radical (unpaired) electrons. The number of thioether (sulfide) groups is 1. The number of carbonyl (C=O) groups is 2. The summed E-state index contributed by atoms with van der Waals surface area (Å²) in [4.78, 5) is 27.1. The first-order valence-electron chi connectivity index (χ1n) is 9.32. The fourth-order valence-electron chi connectivity index (χ4n) is 2.69. The van der Waals surface area contributed by atoms with Crippen molar-refractivity contribution in [2.24, 2.45) is 0 Å². The zero-order valence-electron chi connectivity index (χ0n) is 16.5. The van der Waals surface area contributed by atoms with Crippen LogP contribution in [0.15, 0.2) is 59.1 Å². The third-order valence-corrected chi connectivity index (χ3v) is 5.72. The van der Waals surface area contributed by atoms with Crippen molar-refractivity contribution < 1.29 is 9.59 Å². The lowest BCUT2D eigenvalue weighted by molar-refractivity contribution is -0.138. The van der Waals surface area contributed by atoms with Gasteiger partial charge in [-0.3, -0.25) is 9.59 Å². The maximum Gasteiger partial charge on any atom is 0.242 e. The zero-order chi connectivity index (χ0) is 20.5. The lowest BCUT2D eigenvalue weighted by atomic mass is 10.1. The Morgan fingerprint density at radius 2 is 1.64 bits per heavy atom. The second-order valence-electron chi connectivity index (χ2n) is 6.97. The Hall–Kier alpha value is -1.79. The molecule has 1 atom stereocenters. The molecule has 2 amide bonds. The minimum Gasteiger partial charge on any atom is -0.352 e. The van der Waals surface area contributed by atoms with Crippen LogP contribution in [0.5, 0.6) is 0 Å². The number of amides is 2. The van der Waals surface area contributed by atoms with Crippen molar-refractivity contribution in [1.82, 2.24) is 10.2 Å². The third kappa shape index (κ3) is 7.32. The van der Waals surface area contributed by atoms with E-state index in [0.29, 0.717) is 12.3 Å². The van der Waals surface area contributed by atoms with Crippen molar-refractivity contribution in [1.29, 1.82) is 0 Å². The molecule has 2 aromatic rings. The van der Waals surface area contributed by atoms with E-state index >= 15 is 0 Å². The Morgan fingerprint density at radius 3 is 2.25 bits per heavy atom. The summed E-state index contributed by atoms with van der Waals surface area (Å²) in [6, 6.07) is 17.4. The first-order chi connectivity index (χ1) is 13.4. The first kappa shape index (κ1) is 22.5. The molecule has 0 saturated carbocycles. The lowest BCUT2D eigenvalue weighted by Gasteiger charge is -2.29. The van der Waals surface area contributed by atoms with Gasteiger partial charge in [0.15, 0.2) is 0 Å². The smallest absolute Gasteiger partial charge is 0.242 e. The fraction of sp³-hybridized carbons (Fsp3) is 0.364. The average molecular weight is 463 g/mol. The van der Waals surface area contributed by atoms with Crippen LogP contribution in [0.25, 0.3) is 0 Å². The SMILES string of the molecule is CC(C)NC(=O)C(C)N(Cc1ccc(Br)cc1)C(=O)CSCc1ccccc1. The van der Waals surface area contributed by atoms with Crippen molar-refractivity contribution in [3.05, 3.63) is 70.2 Å². The van der Waals surface area contributed by atoms with Crippen molar-refractivity contribution in [2.45, 2.75) is 45.2 Å². The molecule has 0 bridgehead atoms. The molecular weight excluding hydrogens is 436 g/mol. The van der Waals surface area contributed by atoms with Crippen LogP contribution < -0.4 is 5.32 Å². The molecule has 0 aliphatic heterocycles. The molecular formula is C22H27BrN2O2S. The van der Waals surface area contributed by atoms with Gasteiger partial charge in [-0.25, -0.2) is 0 Å². The predicted molar refractivity (Wildman–Crippen MR) is 120 cm³/mol. The zero-order valence-corrected chi connectivity index (χ0v) is 18.9. The first-order valence-corrected chi connectivity index (χ1v) is 11.3. The van der Waals surface area contributed by atoms with Crippen LogP contribution in [0.2, 0.25) is 0 Å². The highest BCUT2D eigenvalue weighted by molar-refractivity contribution is 9.10. The number of halogens is 1. The summed E-state index contributed by atoms with van der Waals surface area (Å²) >= 11 is 5.00. The molecule has 2 aromatic carbocycles. The minimum absolute atomic E-state index is 0.0322. The Morgan fingerprint density at radius 1 is 1.00 bits per heavy atom. The van der Waals surface area contributed by atoms with Crippen molar-refractivity contribution in [2.75, 3.05) is 5.75 Å². The number of carbonyl (C=O) groups excluding carboxylic acids is 2. The number of hydrogen-bond acceptors (Lipinski definition) is 3. The van der Waals surface area contributed by atoms with E-state index < -0.39 is 6.04 Å². The lowest BCUT2D eigenvalue weighted by Crippen LogP contribution is -2.49. The normalized spacial score (nSPS) is 11.9. The van der Waals surface area contributed by atoms with E-state index in [9.17, 15) is 9.59 Å². The number of nitrogens with zero attached hydrogens (tertiary/aromatic N) is 1. The fourth-order valence-corrected chi connectivity index (χ4v) is 3.82. The Labute approximate surface area is 180 Å². The molecule has 150 valence electrons. The monoisotopic (exact) mass is 462 g/mol. The summed E-state index contributed by atoms with van der Waals surface area (Å²) < 4.78 is 0.984. The maximum atomic E-state index is 13.0. The van der Waals surface area contributed by atoms with Crippen LogP contribution in [0.1, 0.15) is 31.9 Å². The number of benzene rings is 2. The molecule has 4 nitrogen and oxygen atoms in total. The van der Waals surface area contributed by atoms with Gasteiger partial charge in [0, 0.05) is 22.8 Å². The molecule has 1 N–H and O–H groups in total. The Bertz CT molecular complexity index is 766. The highest BCUT2D eigenvalue weighted by atomic mass is 79.9. The van der Waals surface area contributed by atoms with Gasteiger partial charge in [-0.05, 0) is 44.0 Å². The van der Waals surface area contributed by atoms with Crippen LogP contribution in [0.3, 0.4) is 0 Å². The average Bonchev–Trinajstić information content (AvgIpc) is 2.67. The van der Waals surface area contributed by atoms with Crippen molar-refractivity contribution >= 4 is 39.5 Å². The molecule has 0 fully saturated rings. The van der Waals surface area contributed by atoms with Gasteiger partial charge in [0.1, 0.15) is 6.04 Å². The van der Waals surface area contributed by atoms with Crippen LogP contribution in [0.4, 0.5) is 0 Å². The topological polar surface area (TPSA) is 49.4 Å². The van der Waals surface area contributed by atoms with Crippen LogP contribution in [-0.4, -0.2) is 34.6 Å². The van der Waals surface area contributed by atoms with Gasteiger partial charge in [-0.2, -0.15) is 0 Å². The summed E-state index contributed by atoms with van der Waals surface area (Å²) in [6.45, 7) is 6.03. The minimum atomic E-state index is -0.532. The van der Waals surface area contributed by atoms with Gasteiger partial charge in [0.25, 0.3) is 0 Å². The second-order valence-corrected chi connectivity index (χ2v) is 8.87. The molecule has 0 saturated heterocycles. The van der Waals surface area contributed by atoms with Gasteiger partial charge in [-0.15, -0.1) is 11.8 Å². The van der Waals surface area contributed by atoms with Gasteiger partial charge in [0.05, 0.1) is 5.75 Å². The van der Waals surface area contributed by atoms with Crippen LogP contribution >= 0.6 is 27.7 Å². The number of hydrogen-bond donors (Lipinski definition) is 1. The van der Waals surface area contributed by atoms with E-state index in [1.807, 2.05) is 56.3 Å². The number of rotatable bonds is 9. The summed E-state index contributed by atoms with van der Waals surface area (Å²) in [5.41, 5.74) is 2.18. The van der Waals surface area contributed by atoms with E-state index in [1.54, 1.807) is 23.6 Å². The van der Waals surface area contributed by atoms with Gasteiger partial charge in [-0.1, -0.05) is 58.4 Å². The highest BCUT2D eigenvalue weighted by Crippen LogP contribution is 2.17. The van der Waals surface area contributed by atoms with Gasteiger partial charge < -0.3 is 10.2 Å². The molecule has 0 aliphatic rings. The summed E-state index contributed by atoms with van der Waals surface area (Å²) in [6.07, 6.45) is 0. The summed E-state index contributed by atoms with van der Waals surface area (Å²) in [7, 11) is 0. The van der Waals surface area contributed by atoms with E-state index in [0.717, 1.165) is 15.8 Å². The van der Waals surface area contributed by atoms with Crippen molar-refractivity contribution in [3.8, 4) is 0 Å². The quantitative estimate of drug-likeness (QED) is 0.590. The molecule has 0 heterocycles. The number of nitrogens with one attached hydrogen (secondary N) is 1. The van der Waals surface area contributed by atoms with Crippen molar-refractivity contribution in [3.63, 3.8) is 0 Å². The standard InChI is InChI=1S/C22H27BrN2O2S/c1-16(2)24-22(27)17(3)25(13-18-9-11-20(23)12-10-18)21(26)15-28-14-19-7-5-4-6-8-19/h4-12,16-17H,13-15H2,1-3H3,(H,24,27). The van der Waals surface area contributed by atoms with E-state index in [-0.39, 0.29) is 17.9 Å². The Kier molecular flexibility index (Phi) is 9.06. The molecule has 0 spiro atoms. The molecule has 6 heteroatoms. The maximum absolute atomic E-state index is 13.0. The van der Waals surface area contributed by atoms with Crippen LogP contribution in [0, 0.1) is 0 Å². The predicted octanol–water partition coefficient (Wildman–Crippen LogP) is 4.62. The molecule has 0 aromatic heterocycles. The highest BCUT2D eigenvalue weighted by Gasteiger charge is 2.26. The van der Waals surface area contributed by atoms with Gasteiger partial charge in [0.2, 0.25) is 11.8 Å². The molecule has 0 aliphatic carbocycles. The second kappa shape index (κ2) is 11.3. The molecule has 1 unspecified atom stereocenters. The molecule has 28 heavy (non-hydrogen) atoms. The van der Waals surface area contributed by atoms with E-state index in [4.69, 9.17) is 0 Å². The van der Waals surface area contributed by atoms with Crippen LogP contribution in [-0.2, 0) is 21.9 Å². The largest absolute Gasteiger partial charge is 0.352 e. The summed E-state index contributed by atoms with van der Waals surface area (Å²) in [5, 5.41) is 2.91. The van der Waals surface area contributed by atoms with Gasteiger partial charge >= 0.3 is 0 Å². The Balaban J connectivity index is 2.05. The molecule has 2 rings (SSSR count). The summed E-state index contributed by atoms with van der Waals surface area (Å²) in [5.74, 6) is 0.944. The third-order valence-electron chi connectivity index (χ3n) is 4.20.